The van der Waals surface area contributed by atoms with Crippen molar-refractivity contribution in [3.8, 4) is 5.75 Å². The monoisotopic (exact) mass is 252 g/mol. The molecule has 0 heterocycles. The lowest BCUT2D eigenvalue weighted by Gasteiger charge is -2.22. The van der Waals surface area contributed by atoms with Crippen LogP contribution in [-0.4, -0.2) is 17.5 Å². The van der Waals surface area contributed by atoms with Gasteiger partial charge < -0.3 is 9.47 Å². The molecule has 18 heavy (non-hydrogen) atoms. The van der Waals surface area contributed by atoms with Crippen molar-refractivity contribution in [1.29, 1.82) is 0 Å². The van der Waals surface area contributed by atoms with Crippen LogP contribution in [0.5, 0.6) is 5.75 Å². The average Bonchev–Trinajstić information content (AvgIpc) is 2.29. The van der Waals surface area contributed by atoms with E-state index in [1.807, 2.05) is 0 Å². The maximum Gasteiger partial charge on any atom is 0.367 e. The summed E-state index contributed by atoms with van der Waals surface area (Å²) >= 11 is 0. The summed E-state index contributed by atoms with van der Waals surface area (Å²) in [6.07, 6.45) is 0. The predicted octanol–water partition coefficient (Wildman–Crippen LogP) is 2.40. The first-order valence-electron chi connectivity index (χ1n) is 5.18. The Labute approximate surface area is 104 Å². The zero-order valence-electron chi connectivity index (χ0n) is 10.1. The van der Waals surface area contributed by atoms with Gasteiger partial charge in [0.1, 0.15) is 5.75 Å². The normalized spacial score (nSPS) is 10.6. The lowest BCUT2D eigenvalue weighted by molar-refractivity contribution is -0.170. The van der Waals surface area contributed by atoms with Gasteiger partial charge in [0, 0.05) is 0 Å². The Morgan fingerprint density at radius 1 is 1.22 bits per heavy atom. The van der Waals surface area contributed by atoms with E-state index in [1.165, 1.54) is 13.8 Å². The molecule has 0 spiro atoms. The Morgan fingerprint density at radius 2 is 1.78 bits per heavy atom. The van der Waals surface area contributed by atoms with Crippen LogP contribution in [0.25, 0.3) is 0 Å². The molecule has 0 atom stereocenters. The minimum absolute atomic E-state index is 0.311. The smallest absolute Gasteiger partial charge is 0.367 e. The molecule has 0 fully saturated rings. The van der Waals surface area contributed by atoms with Gasteiger partial charge in [0.2, 0.25) is 11.4 Å². The average molecular weight is 252 g/mol. The Morgan fingerprint density at radius 3 is 2.28 bits per heavy atom. The fourth-order valence-corrected chi connectivity index (χ4v) is 1.05. The minimum atomic E-state index is -1.60. The maximum atomic E-state index is 12.5. The quantitative estimate of drug-likeness (QED) is 0.469. The third-order valence-corrected chi connectivity index (χ3v) is 2.01. The molecule has 0 saturated heterocycles. The van der Waals surface area contributed by atoms with Crippen LogP contribution in [0.3, 0.4) is 0 Å². The van der Waals surface area contributed by atoms with Gasteiger partial charge in [-0.15, -0.1) is 0 Å². The van der Waals surface area contributed by atoms with Crippen molar-refractivity contribution in [3.05, 3.63) is 42.7 Å². The first-order valence-corrected chi connectivity index (χ1v) is 5.18. The molecule has 0 unspecified atom stereocenters. The summed E-state index contributed by atoms with van der Waals surface area (Å²) in [6.45, 7) is 5.40. The summed E-state index contributed by atoms with van der Waals surface area (Å²) in [6, 6.07) is 8.28. The largest absolute Gasteiger partial charge is 0.442 e. The molecule has 0 amide bonds. The van der Waals surface area contributed by atoms with Crippen molar-refractivity contribution in [1.82, 2.24) is 0 Å². The van der Waals surface area contributed by atoms with Crippen LogP contribution in [0.4, 0.5) is 4.39 Å². The Kier molecular flexibility index (Phi) is 4.20. The molecular formula is C13H13FO4. The number of halogens is 1. The number of hydrogen-bond acceptors (Lipinski definition) is 4. The molecule has 4 nitrogen and oxygen atoms in total. The van der Waals surface area contributed by atoms with E-state index in [-0.39, 0.29) is 0 Å². The molecular weight excluding hydrogens is 239 g/mol. The van der Waals surface area contributed by atoms with Gasteiger partial charge in [-0.1, -0.05) is 24.8 Å². The van der Waals surface area contributed by atoms with Crippen LogP contribution >= 0.6 is 0 Å². The third kappa shape index (κ3) is 3.69. The van der Waals surface area contributed by atoms with Gasteiger partial charge in [0.15, 0.2) is 0 Å². The van der Waals surface area contributed by atoms with E-state index in [0.717, 1.165) is 0 Å². The SMILES string of the molecule is C=C(F)C(=O)OC(C)(C)C(=O)Oc1ccccc1. The number of rotatable bonds is 4. The van der Waals surface area contributed by atoms with Crippen LogP contribution < -0.4 is 4.74 Å². The van der Waals surface area contributed by atoms with E-state index in [2.05, 4.69) is 11.3 Å². The highest BCUT2D eigenvalue weighted by Gasteiger charge is 2.35. The van der Waals surface area contributed by atoms with E-state index in [9.17, 15) is 14.0 Å². The topological polar surface area (TPSA) is 52.6 Å². The lowest BCUT2D eigenvalue weighted by atomic mass is 10.1. The van der Waals surface area contributed by atoms with E-state index in [1.54, 1.807) is 30.3 Å². The van der Waals surface area contributed by atoms with Crippen molar-refractivity contribution in [2.45, 2.75) is 19.4 Å². The first kappa shape index (κ1) is 13.9. The molecule has 5 heteroatoms. The van der Waals surface area contributed by atoms with Crippen molar-refractivity contribution < 1.29 is 23.5 Å². The van der Waals surface area contributed by atoms with Gasteiger partial charge in [-0.2, -0.15) is 4.39 Å². The van der Waals surface area contributed by atoms with Crippen LogP contribution in [0.2, 0.25) is 0 Å². The van der Waals surface area contributed by atoms with Gasteiger partial charge >= 0.3 is 11.9 Å². The zero-order valence-corrected chi connectivity index (χ0v) is 10.1. The molecule has 0 aliphatic carbocycles. The molecule has 0 radical (unpaired) electrons. The molecule has 0 aliphatic heterocycles. The summed E-state index contributed by atoms with van der Waals surface area (Å²) in [4.78, 5) is 22.8. The zero-order chi connectivity index (χ0) is 13.8. The molecule has 1 aromatic rings. The second-order valence-corrected chi connectivity index (χ2v) is 4.01. The number of ether oxygens (including phenoxy) is 2. The van der Waals surface area contributed by atoms with Gasteiger partial charge in [0.25, 0.3) is 0 Å². The van der Waals surface area contributed by atoms with Crippen molar-refractivity contribution in [3.63, 3.8) is 0 Å². The Hall–Kier alpha value is -2.17. The van der Waals surface area contributed by atoms with E-state index >= 15 is 0 Å². The number of carbonyl (C=O) groups excluding carboxylic acids is 2. The van der Waals surface area contributed by atoms with E-state index in [0.29, 0.717) is 5.75 Å². The molecule has 0 aliphatic rings. The van der Waals surface area contributed by atoms with Crippen LogP contribution in [0.1, 0.15) is 13.8 Å². The number of benzene rings is 1. The Bertz CT molecular complexity index is 465. The molecule has 1 aromatic carbocycles. The van der Waals surface area contributed by atoms with E-state index in [4.69, 9.17) is 4.74 Å². The third-order valence-electron chi connectivity index (χ3n) is 2.01. The maximum absolute atomic E-state index is 12.5. The van der Waals surface area contributed by atoms with Crippen molar-refractivity contribution >= 4 is 11.9 Å². The molecule has 96 valence electrons. The highest BCUT2D eigenvalue weighted by molar-refractivity contribution is 5.90. The fraction of sp³-hybridized carbons (Fsp3) is 0.231. The van der Waals surface area contributed by atoms with Gasteiger partial charge in [-0.25, -0.2) is 9.59 Å². The van der Waals surface area contributed by atoms with Crippen LogP contribution in [0, 0.1) is 0 Å². The molecule has 0 aromatic heterocycles. The number of para-hydroxylation sites is 1. The number of carbonyl (C=O) groups is 2. The standard InChI is InChI=1S/C13H13FO4/c1-9(14)11(15)18-13(2,3)12(16)17-10-7-5-4-6-8-10/h4-8H,1H2,2-3H3. The summed E-state index contributed by atoms with van der Waals surface area (Å²) in [5.41, 5.74) is -1.60. The second-order valence-electron chi connectivity index (χ2n) is 4.01. The number of hydrogen-bond donors (Lipinski definition) is 0. The van der Waals surface area contributed by atoms with Crippen LogP contribution in [0.15, 0.2) is 42.7 Å². The fourth-order valence-electron chi connectivity index (χ4n) is 1.05. The Balaban J connectivity index is 2.71. The first-order chi connectivity index (χ1) is 8.33. The summed E-state index contributed by atoms with van der Waals surface area (Å²) < 4.78 is 22.1. The molecule has 0 saturated carbocycles. The second kappa shape index (κ2) is 5.44. The number of esters is 2. The molecule has 0 bridgehead atoms. The lowest BCUT2D eigenvalue weighted by Crippen LogP contribution is -2.40. The van der Waals surface area contributed by atoms with E-state index < -0.39 is 23.4 Å². The summed E-state index contributed by atoms with van der Waals surface area (Å²) in [5, 5.41) is 0. The summed E-state index contributed by atoms with van der Waals surface area (Å²) in [7, 11) is 0. The summed E-state index contributed by atoms with van der Waals surface area (Å²) in [5.74, 6) is -3.05. The molecule has 1 rings (SSSR count). The molecule has 0 N–H and O–H groups in total. The highest BCUT2D eigenvalue weighted by atomic mass is 19.1. The van der Waals surface area contributed by atoms with Crippen molar-refractivity contribution in [2.75, 3.05) is 0 Å². The van der Waals surface area contributed by atoms with Gasteiger partial charge in [0.05, 0.1) is 0 Å². The minimum Gasteiger partial charge on any atom is -0.442 e. The van der Waals surface area contributed by atoms with Crippen molar-refractivity contribution in [2.24, 2.45) is 0 Å². The highest BCUT2D eigenvalue weighted by Crippen LogP contribution is 2.17. The predicted molar refractivity (Wildman–Crippen MR) is 62.5 cm³/mol. The van der Waals surface area contributed by atoms with Crippen LogP contribution in [-0.2, 0) is 14.3 Å². The van der Waals surface area contributed by atoms with Gasteiger partial charge in [-0.05, 0) is 26.0 Å². The van der Waals surface area contributed by atoms with Gasteiger partial charge in [-0.3, -0.25) is 0 Å².